The second-order valence-corrected chi connectivity index (χ2v) is 5.59. The number of methoxy groups -OCH3 is 1. The lowest BCUT2D eigenvalue weighted by Crippen LogP contribution is -2.23. The maximum absolute atomic E-state index is 12.5. The summed E-state index contributed by atoms with van der Waals surface area (Å²) in [7, 11) is 1.51. The molecular weight excluding hydrogens is 320 g/mol. The van der Waals surface area contributed by atoms with Gasteiger partial charge in [0.2, 0.25) is 0 Å². The van der Waals surface area contributed by atoms with Gasteiger partial charge in [-0.2, -0.15) is 0 Å². The molecule has 2 aromatic carbocycles. The van der Waals surface area contributed by atoms with Gasteiger partial charge in [-0.25, -0.2) is 4.98 Å². The van der Waals surface area contributed by atoms with Crippen LogP contribution in [0.15, 0.2) is 53.6 Å². The van der Waals surface area contributed by atoms with Gasteiger partial charge >= 0.3 is 5.97 Å². The molecule has 0 aliphatic rings. The molecule has 3 rings (SSSR count). The fourth-order valence-electron chi connectivity index (χ4n) is 2.59. The van der Waals surface area contributed by atoms with E-state index in [1.807, 2.05) is 19.1 Å². The minimum absolute atomic E-state index is 0.0525. The predicted molar refractivity (Wildman–Crippen MR) is 94.0 cm³/mol. The molecule has 0 aliphatic carbocycles. The average Bonchev–Trinajstić information content (AvgIpc) is 2.62. The topological polar surface area (TPSA) is 70.4 Å². The molecule has 0 fully saturated rings. The fraction of sp³-hybridized carbons (Fsp3) is 0.211. The highest BCUT2D eigenvalue weighted by molar-refractivity contribution is 5.80. The standard InChI is InChI=1S/C19H18N2O4/c1-13-6-5-7-14-18(13)20-12-21(19(14)23)11-10-17(22)25-16-9-4-3-8-15(16)24-2/h3-9,12H,10-11H2,1-2H3. The van der Waals surface area contributed by atoms with E-state index < -0.39 is 5.97 Å². The molecule has 0 saturated heterocycles. The molecule has 0 spiro atoms. The monoisotopic (exact) mass is 338 g/mol. The molecule has 0 N–H and O–H groups in total. The first-order valence-corrected chi connectivity index (χ1v) is 7.88. The van der Waals surface area contributed by atoms with E-state index in [1.165, 1.54) is 18.0 Å². The van der Waals surface area contributed by atoms with Crippen LogP contribution in [-0.4, -0.2) is 22.6 Å². The summed E-state index contributed by atoms with van der Waals surface area (Å²) in [6.07, 6.45) is 1.52. The Morgan fingerprint density at radius 1 is 1.12 bits per heavy atom. The van der Waals surface area contributed by atoms with Crippen LogP contribution >= 0.6 is 0 Å². The van der Waals surface area contributed by atoms with Gasteiger partial charge < -0.3 is 9.47 Å². The molecule has 6 heteroatoms. The zero-order valence-corrected chi connectivity index (χ0v) is 14.1. The van der Waals surface area contributed by atoms with Gasteiger partial charge in [-0.3, -0.25) is 14.2 Å². The molecule has 1 aromatic heterocycles. The molecule has 0 atom stereocenters. The van der Waals surface area contributed by atoms with Crippen LogP contribution in [0.1, 0.15) is 12.0 Å². The number of rotatable bonds is 5. The van der Waals surface area contributed by atoms with Gasteiger partial charge in [0.25, 0.3) is 5.56 Å². The SMILES string of the molecule is COc1ccccc1OC(=O)CCn1cnc2c(C)cccc2c1=O. The van der Waals surface area contributed by atoms with Crippen molar-refractivity contribution in [1.82, 2.24) is 9.55 Å². The number of aryl methyl sites for hydroxylation is 2. The lowest BCUT2D eigenvalue weighted by molar-refractivity contribution is -0.134. The molecule has 0 aliphatic heterocycles. The molecule has 0 bridgehead atoms. The summed E-state index contributed by atoms with van der Waals surface area (Å²) in [4.78, 5) is 28.9. The highest BCUT2D eigenvalue weighted by Crippen LogP contribution is 2.26. The molecule has 1 heterocycles. The molecule has 25 heavy (non-hydrogen) atoms. The lowest BCUT2D eigenvalue weighted by atomic mass is 10.1. The predicted octanol–water partition coefficient (Wildman–Crippen LogP) is 2.71. The van der Waals surface area contributed by atoms with Crippen LogP contribution in [-0.2, 0) is 11.3 Å². The van der Waals surface area contributed by atoms with Crippen LogP contribution in [0.2, 0.25) is 0 Å². The summed E-state index contributed by atoms with van der Waals surface area (Å²) < 4.78 is 11.9. The Labute approximate surface area is 144 Å². The van der Waals surface area contributed by atoms with Crippen LogP contribution < -0.4 is 15.0 Å². The van der Waals surface area contributed by atoms with Crippen molar-refractivity contribution < 1.29 is 14.3 Å². The van der Waals surface area contributed by atoms with Crippen LogP contribution in [0.3, 0.4) is 0 Å². The van der Waals surface area contributed by atoms with E-state index in [0.29, 0.717) is 22.4 Å². The Balaban J connectivity index is 1.73. The van der Waals surface area contributed by atoms with Crippen molar-refractivity contribution in [3.05, 3.63) is 64.7 Å². The van der Waals surface area contributed by atoms with Crippen molar-refractivity contribution in [2.24, 2.45) is 0 Å². The molecule has 3 aromatic rings. The summed E-state index contributed by atoms with van der Waals surface area (Å²) in [5, 5.41) is 0.542. The van der Waals surface area contributed by atoms with E-state index >= 15 is 0 Å². The lowest BCUT2D eigenvalue weighted by Gasteiger charge is -2.10. The van der Waals surface area contributed by atoms with E-state index in [9.17, 15) is 9.59 Å². The highest BCUT2D eigenvalue weighted by Gasteiger charge is 2.11. The summed E-state index contributed by atoms with van der Waals surface area (Å²) >= 11 is 0. The van der Waals surface area contributed by atoms with E-state index in [1.54, 1.807) is 30.3 Å². The first-order valence-electron chi connectivity index (χ1n) is 7.88. The molecular formula is C19H18N2O4. The van der Waals surface area contributed by atoms with Gasteiger partial charge in [-0.1, -0.05) is 24.3 Å². The van der Waals surface area contributed by atoms with Crippen molar-refractivity contribution >= 4 is 16.9 Å². The van der Waals surface area contributed by atoms with Crippen molar-refractivity contribution in [3.63, 3.8) is 0 Å². The van der Waals surface area contributed by atoms with Gasteiger partial charge in [0.05, 0.1) is 30.8 Å². The van der Waals surface area contributed by atoms with Crippen molar-refractivity contribution in [3.8, 4) is 11.5 Å². The minimum atomic E-state index is -0.444. The Kier molecular flexibility index (Phi) is 4.79. The number of nitrogens with zero attached hydrogens (tertiary/aromatic N) is 2. The molecule has 0 saturated carbocycles. The Hall–Kier alpha value is -3.15. The fourth-order valence-corrected chi connectivity index (χ4v) is 2.59. The zero-order valence-electron chi connectivity index (χ0n) is 14.1. The average molecular weight is 338 g/mol. The van der Waals surface area contributed by atoms with Crippen molar-refractivity contribution in [2.75, 3.05) is 7.11 Å². The summed E-state index contributed by atoms with van der Waals surface area (Å²) in [6.45, 7) is 2.10. The van der Waals surface area contributed by atoms with Crippen LogP contribution in [0.5, 0.6) is 11.5 Å². The highest BCUT2D eigenvalue weighted by atomic mass is 16.6. The quantitative estimate of drug-likeness (QED) is 0.528. The van der Waals surface area contributed by atoms with Crippen molar-refractivity contribution in [1.29, 1.82) is 0 Å². The van der Waals surface area contributed by atoms with Gasteiger partial charge in [0.15, 0.2) is 11.5 Å². The largest absolute Gasteiger partial charge is 0.493 e. The molecule has 0 amide bonds. The third kappa shape index (κ3) is 3.52. The van der Waals surface area contributed by atoms with Crippen LogP contribution in [0, 0.1) is 6.92 Å². The van der Waals surface area contributed by atoms with Crippen LogP contribution in [0.4, 0.5) is 0 Å². The van der Waals surface area contributed by atoms with Gasteiger partial charge in [0.1, 0.15) is 0 Å². The third-order valence-electron chi connectivity index (χ3n) is 3.90. The third-order valence-corrected chi connectivity index (χ3v) is 3.90. The molecule has 0 unspecified atom stereocenters. The van der Waals surface area contributed by atoms with Gasteiger partial charge in [0, 0.05) is 6.54 Å². The number of fused-ring (bicyclic) bond motifs is 1. The second-order valence-electron chi connectivity index (χ2n) is 5.59. The molecule has 128 valence electrons. The Morgan fingerprint density at radius 2 is 1.88 bits per heavy atom. The number of aromatic nitrogens is 2. The molecule has 0 radical (unpaired) electrons. The number of carbonyl (C=O) groups excluding carboxylic acids is 1. The van der Waals surface area contributed by atoms with E-state index in [2.05, 4.69) is 4.98 Å². The zero-order chi connectivity index (χ0) is 17.8. The first-order chi connectivity index (χ1) is 12.1. The van der Waals surface area contributed by atoms with Gasteiger partial charge in [-0.15, -0.1) is 0 Å². The van der Waals surface area contributed by atoms with Crippen molar-refractivity contribution in [2.45, 2.75) is 19.9 Å². The van der Waals surface area contributed by atoms with Gasteiger partial charge in [-0.05, 0) is 30.7 Å². The minimum Gasteiger partial charge on any atom is -0.493 e. The summed E-state index contributed by atoms with van der Waals surface area (Å²) in [5.74, 6) is 0.395. The van der Waals surface area contributed by atoms with E-state index in [-0.39, 0.29) is 18.5 Å². The number of carbonyl (C=O) groups is 1. The number of hydrogen-bond acceptors (Lipinski definition) is 5. The number of para-hydroxylation sites is 3. The molecule has 6 nitrogen and oxygen atoms in total. The number of benzene rings is 2. The Bertz CT molecular complexity index is 979. The maximum atomic E-state index is 12.5. The number of ether oxygens (including phenoxy) is 2. The van der Waals surface area contributed by atoms with Crippen LogP contribution in [0.25, 0.3) is 10.9 Å². The smallest absolute Gasteiger partial charge is 0.313 e. The Morgan fingerprint density at radius 3 is 2.64 bits per heavy atom. The number of esters is 1. The number of hydrogen-bond donors (Lipinski definition) is 0. The summed E-state index contributed by atoms with van der Waals surface area (Å²) in [5.41, 5.74) is 1.46. The first kappa shape index (κ1) is 16.7. The summed E-state index contributed by atoms with van der Waals surface area (Å²) in [6, 6.07) is 12.4. The normalized spacial score (nSPS) is 10.6. The second kappa shape index (κ2) is 7.17. The maximum Gasteiger partial charge on any atom is 0.313 e. The van der Waals surface area contributed by atoms with E-state index in [4.69, 9.17) is 9.47 Å². The van der Waals surface area contributed by atoms with E-state index in [0.717, 1.165) is 5.56 Å².